The molecule has 0 aromatic heterocycles. The number of anilines is 1. The van der Waals surface area contributed by atoms with Crippen LogP contribution in [0.2, 0.25) is 0 Å². The summed E-state index contributed by atoms with van der Waals surface area (Å²) in [6.45, 7) is 3.77. The van der Waals surface area contributed by atoms with E-state index in [1.807, 2.05) is 24.3 Å². The summed E-state index contributed by atoms with van der Waals surface area (Å²) in [5, 5.41) is 11.2. The molecule has 1 aliphatic heterocycles. The summed E-state index contributed by atoms with van der Waals surface area (Å²) in [4.78, 5) is 4.28. The Morgan fingerprint density at radius 2 is 1.88 bits per heavy atom. The van der Waals surface area contributed by atoms with Crippen molar-refractivity contribution >= 4 is 5.69 Å². The first-order valence-corrected chi connectivity index (χ1v) is 8.77. The van der Waals surface area contributed by atoms with Crippen molar-refractivity contribution in [3.63, 3.8) is 0 Å². The molecule has 0 aliphatic carbocycles. The second-order valence-corrected chi connectivity index (χ2v) is 7.34. The Hall–Kier alpha value is -2.04. The average molecular weight is 340 g/mol. The van der Waals surface area contributed by atoms with E-state index in [1.54, 1.807) is 7.11 Å². The van der Waals surface area contributed by atoms with Gasteiger partial charge in [-0.3, -0.25) is 0 Å². The molecule has 1 N–H and O–H groups in total. The van der Waals surface area contributed by atoms with E-state index in [2.05, 4.69) is 55.1 Å². The van der Waals surface area contributed by atoms with Crippen LogP contribution in [-0.4, -0.2) is 44.0 Å². The molecule has 2 aromatic carbocycles. The molecule has 1 aliphatic rings. The van der Waals surface area contributed by atoms with Crippen molar-refractivity contribution in [1.29, 1.82) is 0 Å². The normalized spacial score (nSPS) is 22.3. The van der Waals surface area contributed by atoms with Gasteiger partial charge < -0.3 is 19.6 Å². The van der Waals surface area contributed by atoms with E-state index >= 15 is 0 Å². The third kappa shape index (κ3) is 3.37. The van der Waals surface area contributed by atoms with E-state index in [4.69, 9.17) is 4.74 Å². The Morgan fingerprint density at radius 3 is 2.52 bits per heavy atom. The molecule has 4 heteroatoms. The van der Waals surface area contributed by atoms with Gasteiger partial charge in [0.15, 0.2) is 0 Å². The highest BCUT2D eigenvalue weighted by Crippen LogP contribution is 2.48. The minimum absolute atomic E-state index is 0.330. The molecular formula is C21H28N2O2. The Kier molecular flexibility index (Phi) is 5.02. The molecule has 3 rings (SSSR count). The van der Waals surface area contributed by atoms with Gasteiger partial charge in [0.05, 0.1) is 7.11 Å². The third-order valence-electron chi connectivity index (χ3n) is 5.27. The highest BCUT2D eigenvalue weighted by atomic mass is 16.5. The summed E-state index contributed by atoms with van der Waals surface area (Å²) in [6, 6.07) is 16.4. The van der Waals surface area contributed by atoms with Crippen molar-refractivity contribution < 1.29 is 9.84 Å². The predicted molar refractivity (Wildman–Crippen MR) is 102 cm³/mol. The summed E-state index contributed by atoms with van der Waals surface area (Å²) in [5.74, 6) is 0.837. The molecule has 4 nitrogen and oxygen atoms in total. The van der Waals surface area contributed by atoms with Crippen molar-refractivity contribution in [2.24, 2.45) is 0 Å². The molecular weight excluding hydrogens is 312 g/mol. The lowest BCUT2D eigenvalue weighted by atomic mass is 9.79. The first-order chi connectivity index (χ1) is 12.0. The van der Waals surface area contributed by atoms with Gasteiger partial charge in [0.2, 0.25) is 0 Å². The Balaban J connectivity index is 1.99. The van der Waals surface area contributed by atoms with Crippen LogP contribution in [0.4, 0.5) is 5.69 Å². The molecule has 2 atom stereocenters. The van der Waals surface area contributed by atoms with Gasteiger partial charge in [0, 0.05) is 17.6 Å². The molecule has 1 heterocycles. The standard InChI is InChI=1S/C21H28N2O2/c1-21(12-13-22(2)3)18-14-17(25-4)10-11-19(18)23(20(21)24)15-16-8-6-5-7-9-16/h5-11,14,20,24H,12-13,15H2,1-4H3/t20?,21-/m1/s1. The first kappa shape index (κ1) is 17.8. The van der Waals surface area contributed by atoms with E-state index in [1.165, 1.54) is 5.56 Å². The van der Waals surface area contributed by atoms with Crippen molar-refractivity contribution in [2.75, 3.05) is 32.6 Å². The number of rotatable bonds is 6. The SMILES string of the molecule is COc1ccc2c(c1)[C@@](C)(CCN(C)C)C(O)N2Cc1ccccc1. The number of benzene rings is 2. The Labute approximate surface area is 150 Å². The van der Waals surface area contributed by atoms with Crippen molar-refractivity contribution in [1.82, 2.24) is 4.90 Å². The van der Waals surface area contributed by atoms with Crippen molar-refractivity contribution in [3.05, 3.63) is 59.7 Å². The van der Waals surface area contributed by atoms with Gasteiger partial charge in [-0.1, -0.05) is 37.3 Å². The fraction of sp³-hybridized carbons (Fsp3) is 0.429. The van der Waals surface area contributed by atoms with Gasteiger partial charge in [-0.05, 0) is 56.4 Å². The maximum atomic E-state index is 11.2. The number of fused-ring (bicyclic) bond motifs is 1. The lowest BCUT2D eigenvalue weighted by molar-refractivity contribution is 0.0876. The van der Waals surface area contributed by atoms with Crippen LogP contribution in [0.3, 0.4) is 0 Å². The number of aliphatic hydroxyl groups excluding tert-OH is 1. The van der Waals surface area contributed by atoms with Gasteiger partial charge in [0.1, 0.15) is 12.0 Å². The zero-order valence-corrected chi connectivity index (χ0v) is 15.6. The number of aliphatic hydroxyl groups is 1. The fourth-order valence-electron chi connectivity index (χ4n) is 3.64. The van der Waals surface area contributed by atoms with Crippen molar-refractivity contribution in [2.45, 2.75) is 31.5 Å². The molecule has 0 spiro atoms. The molecule has 134 valence electrons. The van der Waals surface area contributed by atoms with Gasteiger partial charge in [-0.15, -0.1) is 0 Å². The van der Waals surface area contributed by atoms with Gasteiger partial charge >= 0.3 is 0 Å². The maximum Gasteiger partial charge on any atom is 0.136 e. The molecule has 25 heavy (non-hydrogen) atoms. The van der Waals surface area contributed by atoms with E-state index in [-0.39, 0.29) is 5.41 Å². The molecule has 0 fully saturated rings. The number of methoxy groups -OCH3 is 1. The first-order valence-electron chi connectivity index (χ1n) is 8.77. The summed E-state index contributed by atoms with van der Waals surface area (Å²) < 4.78 is 5.44. The molecule has 0 saturated heterocycles. The molecule has 2 aromatic rings. The lowest BCUT2D eigenvalue weighted by Gasteiger charge is -2.34. The van der Waals surface area contributed by atoms with Gasteiger partial charge in [-0.25, -0.2) is 0 Å². The van der Waals surface area contributed by atoms with Crippen LogP contribution in [0.1, 0.15) is 24.5 Å². The topological polar surface area (TPSA) is 35.9 Å². The monoisotopic (exact) mass is 340 g/mol. The summed E-state index contributed by atoms with van der Waals surface area (Å²) in [7, 11) is 5.82. The zero-order valence-electron chi connectivity index (χ0n) is 15.6. The van der Waals surface area contributed by atoms with Crippen LogP contribution in [-0.2, 0) is 12.0 Å². The third-order valence-corrected chi connectivity index (χ3v) is 5.27. The fourth-order valence-corrected chi connectivity index (χ4v) is 3.64. The van der Waals surface area contributed by atoms with Gasteiger partial charge in [-0.2, -0.15) is 0 Å². The Morgan fingerprint density at radius 1 is 1.16 bits per heavy atom. The van der Waals surface area contributed by atoms with E-state index in [0.29, 0.717) is 6.54 Å². The lowest BCUT2D eigenvalue weighted by Crippen LogP contribution is -2.44. The van der Waals surface area contributed by atoms with Crippen LogP contribution in [0.5, 0.6) is 5.75 Å². The smallest absolute Gasteiger partial charge is 0.136 e. The largest absolute Gasteiger partial charge is 0.497 e. The highest BCUT2D eigenvalue weighted by molar-refractivity contribution is 5.65. The molecule has 1 unspecified atom stereocenters. The molecule has 0 radical (unpaired) electrons. The van der Waals surface area contributed by atoms with Crippen LogP contribution in [0.25, 0.3) is 0 Å². The molecule has 0 amide bonds. The average Bonchev–Trinajstić information content (AvgIpc) is 2.83. The number of nitrogens with zero attached hydrogens (tertiary/aromatic N) is 2. The molecule has 0 saturated carbocycles. The predicted octanol–water partition coefficient (Wildman–Crippen LogP) is 3.24. The second kappa shape index (κ2) is 7.06. The van der Waals surface area contributed by atoms with E-state index < -0.39 is 6.23 Å². The zero-order chi connectivity index (χ0) is 18.0. The summed E-state index contributed by atoms with van der Waals surface area (Å²) >= 11 is 0. The highest BCUT2D eigenvalue weighted by Gasteiger charge is 2.46. The number of hydrogen-bond donors (Lipinski definition) is 1. The minimum atomic E-state index is -0.560. The van der Waals surface area contributed by atoms with Crippen molar-refractivity contribution in [3.8, 4) is 5.75 Å². The number of hydrogen-bond acceptors (Lipinski definition) is 4. The minimum Gasteiger partial charge on any atom is -0.497 e. The van der Waals surface area contributed by atoms with Crippen LogP contribution in [0, 0.1) is 0 Å². The maximum absolute atomic E-state index is 11.2. The van der Waals surface area contributed by atoms with Crippen LogP contribution < -0.4 is 9.64 Å². The number of ether oxygens (including phenoxy) is 1. The van der Waals surface area contributed by atoms with Crippen LogP contribution >= 0.6 is 0 Å². The second-order valence-electron chi connectivity index (χ2n) is 7.34. The van der Waals surface area contributed by atoms with E-state index in [0.717, 1.165) is 30.0 Å². The van der Waals surface area contributed by atoms with Crippen LogP contribution in [0.15, 0.2) is 48.5 Å². The van der Waals surface area contributed by atoms with E-state index in [9.17, 15) is 5.11 Å². The molecule has 0 bridgehead atoms. The van der Waals surface area contributed by atoms with Gasteiger partial charge in [0.25, 0.3) is 0 Å². The quantitative estimate of drug-likeness (QED) is 0.876. The summed E-state index contributed by atoms with van der Waals surface area (Å²) in [6.07, 6.45) is 0.321. The summed E-state index contributed by atoms with van der Waals surface area (Å²) in [5.41, 5.74) is 3.12. The Bertz CT molecular complexity index is 717.